The first kappa shape index (κ1) is 15.2. The summed E-state index contributed by atoms with van der Waals surface area (Å²) in [5.74, 6) is 1.05. The van der Waals surface area contributed by atoms with Crippen LogP contribution in [0.2, 0.25) is 0 Å². The molecule has 2 heterocycles. The van der Waals surface area contributed by atoms with Gasteiger partial charge in [0.2, 0.25) is 5.91 Å². The number of hydrogen-bond donors (Lipinski definition) is 1. The van der Waals surface area contributed by atoms with E-state index in [1.165, 1.54) is 32.1 Å². The van der Waals surface area contributed by atoms with E-state index < -0.39 is 0 Å². The Labute approximate surface area is 121 Å². The van der Waals surface area contributed by atoms with Gasteiger partial charge in [0, 0.05) is 18.3 Å². The molecule has 0 spiro atoms. The first-order chi connectivity index (χ1) is 9.13. The molecule has 1 amide bonds. The van der Waals surface area contributed by atoms with Crippen LogP contribution in [0.15, 0.2) is 0 Å². The molecule has 0 bridgehead atoms. The lowest BCUT2D eigenvalue weighted by atomic mass is 9.78. The predicted octanol–water partition coefficient (Wildman–Crippen LogP) is 2.51. The van der Waals surface area contributed by atoms with Gasteiger partial charge in [-0.15, -0.1) is 11.8 Å². The van der Waals surface area contributed by atoms with Crippen molar-refractivity contribution in [1.29, 1.82) is 0 Å². The molecule has 0 saturated carbocycles. The quantitative estimate of drug-likeness (QED) is 0.861. The van der Waals surface area contributed by atoms with Crippen LogP contribution in [0, 0.1) is 5.41 Å². The molecule has 0 radical (unpaired) electrons. The van der Waals surface area contributed by atoms with Gasteiger partial charge in [-0.2, -0.15) is 0 Å². The lowest BCUT2D eigenvalue weighted by Gasteiger charge is -2.39. The molecule has 2 saturated heterocycles. The van der Waals surface area contributed by atoms with E-state index in [-0.39, 0.29) is 0 Å². The highest BCUT2D eigenvalue weighted by atomic mass is 32.2. The van der Waals surface area contributed by atoms with Gasteiger partial charge in [-0.3, -0.25) is 4.79 Å². The molecule has 2 aliphatic rings. The number of carbonyl (C=O) groups is 1. The molecule has 2 fully saturated rings. The number of thioether (sulfide) groups is 1. The van der Waals surface area contributed by atoms with Gasteiger partial charge in [-0.1, -0.05) is 20.3 Å². The summed E-state index contributed by atoms with van der Waals surface area (Å²) in [6, 6.07) is 0. The van der Waals surface area contributed by atoms with Crippen LogP contribution < -0.4 is 5.32 Å². The van der Waals surface area contributed by atoms with Crippen LogP contribution in [0.25, 0.3) is 0 Å². The van der Waals surface area contributed by atoms with Gasteiger partial charge in [-0.25, -0.2) is 0 Å². The van der Waals surface area contributed by atoms with E-state index in [2.05, 4.69) is 24.1 Å². The minimum atomic E-state index is 0.363. The molecule has 0 aromatic rings. The van der Waals surface area contributed by atoms with E-state index in [1.807, 2.05) is 11.8 Å². The Morgan fingerprint density at radius 1 is 1.32 bits per heavy atom. The summed E-state index contributed by atoms with van der Waals surface area (Å²) < 4.78 is 0. The molecule has 0 unspecified atom stereocenters. The Hall–Kier alpha value is -0.220. The van der Waals surface area contributed by atoms with Gasteiger partial charge in [0.05, 0.1) is 5.75 Å². The smallest absolute Gasteiger partial charge is 0.232 e. The van der Waals surface area contributed by atoms with Crippen LogP contribution in [0.1, 0.15) is 46.0 Å². The third-order valence-electron chi connectivity index (χ3n) is 4.91. The maximum atomic E-state index is 12.2. The van der Waals surface area contributed by atoms with Crippen molar-refractivity contribution in [3.8, 4) is 0 Å². The first-order valence-electron chi connectivity index (χ1n) is 7.73. The van der Waals surface area contributed by atoms with E-state index in [0.29, 0.717) is 22.3 Å². The van der Waals surface area contributed by atoms with Crippen LogP contribution in [-0.4, -0.2) is 48.0 Å². The number of rotatable bonds is 4. The van der Waals surface area contributed by atoms with Gasteiger partial charge >= 0.3 is 0 Å². The number of carbonyl (C=O) groups excluding carboxylic acids is 1. The Morgan fingerprint density at radius 2 is 1.95 bits per heavy atom. The molecule has 2 aliphatic heterocycles. The minimum absolute atomic E-state index is 0.363. The topological polar surface area (TPSA) is 32.3 Å². The maximum absolute atomic E-state index is 12.2. The largest absolute Gasteiger partial charge is 0.342 e. The summed E-state index contributed by atoms with van der Waals surface area (Å²) in [7, 11) is 0. The number of piperidine rings is 2. The van der Waals surface area contributed by atoms with Crippen molar-refractivity contribution in [3.05, 3.63) is 0 Å². The van der Waals surface area contributed by atoms with E-state index in [4.69, 9.17) is 0 Å². The van der Waals surface area contributed by atoms with E-state index in [0.717, 1.165) is 26.2 Å². The maximum Gasteiger partial charge on any atom is 0.232 e. The van der Waals surface area contributed by atoms with Gasteiger partial charge in [0.15, 0.2) is 0 Å². The molecular formula is C15H28N2OS. The van der Waals surface area contributed by atoms with Gasteiger partial charge < -0.3 is 10.2 Å². The Morgan fingerprint density at radius 3 is 2.53 bits per heavy atom. The Bertz CT molecular complexity index is 295. The molecule has 4 heteroatoms. The lowest BCUT2D eigenvalue weighted by molar-refractivity contribution is -0.130. The van der Waals surface area contributed by atoms with Crippen LogP contribution in [0.5, 0.6) is 0 Å². The monoisotopic (exact) mass is 284 g/mol. The third kappa shape index (κ3) is 4.38. The summed E-state index contributed by atoms with van der Waals surface area (Å²) in [6.07, 6.45) is 6.01. The zero-order valence-corrected chi connectivity index (χ0v) is 13.2. The van der Waals surface area contributed by atoms with Crippen LogP contribution in [0.4, 0.5) is 0 Å². The van der Waals surface area contributed by atoms with Crippen LogP contribution in [0.3, 0.4) is 0 Å². The Balaban J connectivity index is 1.69. The van der Waals surface area contributed by atoms with Gasteiger partial charge in [0.1, 0.15) is 0 Å². The number of amides is 1. The van der Waals surface area contributed by atoms with Gasteiger partial charge in [0.25, 0.3) is 0 Å². The van der Waals surface area contributed by atoms with Crippen molar-refractivity contribution in [2.24, 2.45) is 5.41 Å². The minimum Gasteiger partial charge on any atom is -0.342 e. The molecule has 110 valence electrons. The summed E-state index contributed by atoms with van der Waals surface area (Å²) in [6.45, 7) is 8.80. The molecular weight excluding hydrogens is 256 g/mol. The average Bonchev–Trinajstić information content (AvgIpc) is 2.47. The van der Waals surface area contributed by atoms with E-state index in [1.54, 1.807) is 0 Å². The highest BCUT2D eigenvalue weighted by Gasteiger charge is 2.30. The number of hydrogen-bond acceptors (Lipinski definition) is 3. The fourth-order valence-corrected chi connectivity index (χ4v) is 4.02. The van der Waals surface area contributed by atoms with Crippen LogP contribution in [-0.2, 0) is 4.79 Å². The number of likely N-dealkylation sites (tertiary alicyclic amines) is 1. The molecule has 2 rings (SSSR count). The molecule has 1 N–H and O–H groups in total. The zero-order chi connectivity index (χ0) is 13.7. The second-order valence-electron chi connectivity index (χ2n) is 6.31. The standard InChI is InChI=1S/C15H28N2OS/c1-3-15(2)6-10-17(11-7-15)14(18)12-19-13-4-8-16-9-5-13/h13,16H,3-12H2,1-2H3. The van der Waals surface area contributed by atoms with E-state index >= 15 is 0 Å². The highest BCUT2D eigenvalue weighted by Crippen LogP contribution is 2.34. The normalized spacial score (nSPS) is 24.4. The lowest BCUT2D eigenvalue weighted by Crippen LogP contribution is -2.43. The van der Waals surface area contributed by atoms with Crippen molar-refractivity contribution in [2.75, 3.05) is 31.9 Å². The molecule has 0 atom stereocenters. The van der Waals surface area contributed by atoms with Crippen molar-refractivity contribution >= 4 is 17.7 Å². The fraction of sp³-hybridized carbons (Fsp3) is 0.933. The fourth-order valence-electron chi connectivity index (χ4n) is 2.89. The molecule has 0 aromatic heterocycles. The average molecular weight is 284 g/mol. The van der Waals surface area contributed by atoms with Gasteiger partial charge in [-0.05, 0) is 44.2 Å². The van der Waals surface area contributed by atoms with Crippen molar-refractivity contribution in [1.82, 2.24) is 10.2 Å². The van der Waals surface area contributed by atoms with E-state index in [9.17, 15) is 4.79 Å². The van der Waals surface area contributed by atoms with Crippen molar-refractivity contribution in [3.63, 3.8) is 0 Å². The van der Waals surface area contributed by atoms with Crippen molar-refractivity contribution < 1.29 is 4.79 Å². The zero-order valence-electron chi connectivity index (χ0n) is 12.4. The summed E-state index contributed by atoms with van der Waals surface area (Å²) in [4.78, 5) is 14.3. The number of nitrogens with zero attached hydrogens (tertiary/aromatic N) is 1. The summed E-state index contributed by atoms with van der Waals surface area (Å²) in [5, 5.41) is 4.06. The summed E-state index contributed by atoms with van der Waals surface area (Å²) >= 11 is 1.87. The first-order valence-corrected chi connectivity index (χ1v) is 8.78. The number of nitrogens with one attached hydrogen (secondary N) is 1. The second-order valence-corrected chi connectivity index (χ2v) is 7.59. The predicted molar refractivity (Wildman–Crippen MR) is 82.6 cm³/mol. The highest BCUT2D eigenvalue weighted by molar-refractivity contribution is 8.00. The van der Waals surface area contributed by atoms with Crippen LogP contribution >= 0.6 is 11.8 Å². The molecule has 19 heavy (non-hydrogen) atoms. The third-order valence-corrected chi connectivity index (χ3v) is 6.26. The molecule has 0 aromatic carbocycles. The molecule has 0 aliphatic carbocycles. The molecule has 3 nitrogen and oxygen atoms in total. The van der Waals surface area contributed by atoms with Crippen molar-refractivity contribution in [2.45, 2.75) is 51.2 Å². The second kappa shape index (κ2) is 6.98. The SMILES string of the molecule is CCC1(C)CCN(C(=O)CSC2CCNCC2)CC1. The summed E-state index contributed by atoms with van der Waals surface area (Å²) in [5.41, 5.74) is 0.471. The Kier molecular flexibility index (Phi) is 5.58.